The molecule has 1 aliphatic carbocycles. The Hall–Kier alpha value is -1.52. The maximum atomic E-state index is 6.28. The highest BCUT2D eigenvalue weighted by atomic mass is 79.9. The third kappa shape index (κ3) is 5.49. The van der Waals surface area contributed by atoms with Crippen LogP contribution in [0.1, 0.15) is 55.2 Å². The number of nitrogens with one attached hydrogen (secondary N) is 1. The number of aryl methyl sites for hydroxylation is 1. The number of hydrogen-bond acceptors (Lipinski definition) is 3. The van der Waals surface area contributed by atoms with Crippen LogP contribution < -0.4 is 14.8 Å². The summed E-state index contributed by atoms with van der Waals surface area (Å²) in [5.74, 6) is 1.61. The second-order valence-corrected chi connectivity index (χ2v) is 8.20. The normalized spacial score (nSPS) is 15.4. The smallest absolute Gasteiger partial charge is 0.167 e. The van der Waals surface area contributed by atoms with E-state index in [1.54, 1.807) is 7.11 Å². The average molecular weight is 432 g/mol. The topological polar surface area (TPSA) is 30.5 Å². The summed E-state index contributed by atoms with van der Waals surface area (Å²) in [5, 5.41) is 3.75. The van der Waals surface area contributed by atoms with Gasteiger partial charge in [0.1, 0.15) is 6.61 Å². The lowest BCUT2D eigenvalue weighted by atomic mass is 10.1. The molecule has 0 spiro atoms. The first kappa shape index (κ1) is 20.2. The number of ether oxygens (including phenoxy) is 2. The Kier molecular flexibility index (Phi) is 7.59. The van der Waals surface area contributed by atoms with Gasteiger partial charge in [-0.2, -0.15) is 0 Å². The van der Waals surface area contributed by atoms with Gasteiger partial charge in [-0.15, -0.1) is 0 Å². The van der Waals surface area contributed by atoms with Crippen molar-refractivity contribution in [2.24, 2.45) is 0 Å². The monoisotopic (exact) mass is 431 g/mol. The zero-order valence-corrected chi connectivity index (χ0v) is 18.0. The lowest BCUT2D eigenvalue weighted by Crippen LogP contribution is -2.28. The number of methoxy groups -OCH3 is 1. The zero-order valence-electron chi connectivity index (χ0n) is 16.4. The molecule has 0 amide bonds. The van der Waals surface area contributed by atoms with Crippen molar-refractivity contribution >= 4 is 15.9 Å². The van der Waals surface area contributed by atoms with E-state index >= 15 is 0 Å². The molecule has 1 aliphatic rings. The number of halogens is 1. The molecule has 2 aromatic carbocycles. The lowest BCUT2D eigenvalue weighted by molar-refractivity contribution is 0.279. The summed E-state index contributed by atoms with van der Waals surface area (Å²) in [6.07, 6.45) is 7.92. The molecular formula is C23H30BrNO2. The van der Waals surface area contributed by atoms with Crippen LogP contribution in [0.4, 0.5) is 0 Å². The summed E-state index contributed by atoms with van der Waals surface area (Å²) in [4.78, 5) is 0. The van der Waals surface area contributed by atoms with E-state index in [1.807, 2.05) is 12.1 Å². The molecule has 4 heteroatoms. The first-order valence-corrected chi connectivity index (χ1v) is 10.7. The Balaban J connectivity index is 1.76. The molecule has 0 saturated heterocycles. The minimum Gasteiger partial charge on any atom is -0.493 e. The van der Waals surface area contributed by atoms with Crippen molar-refractivity contribution in [3.8, 4) is 11.5 Å². The van der Waals surface area contributed by atoms with Gasteiger partial charge in [-0.3, -0.25) is 0 Å². The molecular weight excluding hydrogens is 402 g/mol. The van der Waals surface area contributed by atoms with Gasteiger partial charge in [0.05, 0.1) is 7.11 Å². The standard InChI is InChI=1S/C23H30BrNO2/c1-17-9-7-8-10-18(17)16-27-23-20(21(24)13-14-22(23)26-2)15-25-19-11-5-3-4-6-12-19/h7-10,13-14,19,25H,3-6,11-12,15-16H2,1-2H3. The summed E-state index contributed by atoms with van der Waals surface area (Å²) >= 11 is 3.72. The minimum atomic E-state index is 0.538. The quantitative estimate of drug-likeness (QED) is 0.532. The van der Waals surface area contributed by atoms with Gasteiger partial charge in [0.15, 0.2) is 11.5 Å². The summed E-state index contributed by atoms with van der Waals surface area (Å²) in [6.45, 7) is 3.44. The van der Waals surface area contributed by atoms with Crippen LogP contribution in [0.2, 0.25) is 0 Å². The van der Waals surface area contributed by atoms with Gasteiger partial charge in [-0.1, -0.05) is 65.9 Å². The highest BCUT2D eigenvalue weighted by Gasteiger charge is 2.18. The van der Waals surface area contributed by atoms with Gasteiger partial charge < -0.3 is 14.8 Å². The molecule has 146 valence electrons. The van der Waals surface area contributed by atoms with Crippen LogP contribution in [-0.2, 0) is 13.2 Å². The molecule has 0 atom stereocenters. The van der Waals surface area contributed by atoms with E-state index in [9.17, 15) is 0 Å². The summed E-state index contributed by atoms with van der Waals surface area (Å²) in [5.41, 5.74) is 3.57. The van der Waals surface area contributed by atoms with Crippen LogP contribution in [0.25, 0.3) is 0 Å². The van der Waals surface area contributed by atoms with Crippen LogP contribution in [-0.4, -0.2) is 13.2 Å². The first-order valence-electron chi connectivity index (χ1n) is 9.95. The van der Waals surface area contributed by atoms with Crippen LogP contribution in [0.3, 0.4) is 0 Å². The molecule has 0 heterocycles. The van der Waals surface area contributed by atoms with E-state index in [-0.39, 0.29) is 0 Å². The van der Waals surface area contributed by atoms with Crippen LogP contribution >= 0.6 is 15.9 Å². The predicted octanol–water partition coefficient (Wildman–Crippen LogP) is 6.16. The van der Waals surface area contributed by atoms with Crippen LogP contribution in [0, 0.1) is 6.92 Å². The molecule has 0 aromatic heterocycles. The molecule has 2 aromatic rings. The van der Waals surface area contributed by atoms with E-state index in [4.69, 9.17) is 9.47 Å². The van der Waals surface area contributed by atoms with Gasteiger partial charge in [0.25, 0.3) is 0 Å². The van der Waals surface area contributed by atoms with E-state index in [0.717, 1.165) is 28.1 Å². The second kappa shape index (κ2) is 10.1. The second-order valence-electron chi connectivity index (χ2n) is 7.34. The van der Waals surface area contributed by atoms with E-state index in [0.29, 0.717) is 12.6 Å². The Bertz CT molecular complexity index is 739. The molecule has 0 aliphatic heterocycles. The zero-order chi connectivity index (χ0) is 19.1. The van der Waals surface area contributed by atoms with Gasteiger partial charge in [-0.25, -0.2) is 0 Å². The SMILES string of the molecule is COc1ccc(Br)c(CNC2CCCCCC2)c1OCc1ccccc1C. The molecule has 3 nitrogen and oxygen atoms in total. The Morgan fingerprint density at radius 2 is 1.78 bits per heavy atom. The van der Waals surface area contributed by atoms with Gasteiger partial charge in [-0.05, 0) is 43.0 Å². The number of hydrogen-bond donors (Lipinski definition) is 1. The first-order chi connectivity index (χ1) is 13.2. The van der Waals surface area contributed by atoms with E-state index < -0.39 is 0 Å². The maximum Gasteiger partial charge on any atom is 0.167 e. The summed E-state index contributed by atoms with van der Waals surface area (Å²) in [7, 11) is 1.70. The average Bonchev–Trinajstić information content (AvgIpc) is 2.95. The number of benzene rings is 2. The third-order valence-electron chi connectivity index (χ3n) is 5.44. The van der Waals surface area contributed by atoms with Crippen LogP contribution in [0.5, 0.6) is 11.5 Å². The fourth-order valence-corrected chi connectivity index (χ4v) is 4.17. The van der Waals surface area contributed by atoms with Crippen molar-refractivity contribution in [3.05, 3.63) is 57.6 Å². The van der Waals surface area contributed by atoms with E-state index in [2.05, 4.69) is 52.4 Å². The third-order valence-corrected chi connectivity index (χ3v) is 6.19. The predicted molar refractivity (Wildman–Crippen MR) is 115 cm³/mol. The van der Waals surface area contributed by atoms with Gasteiger partial charge in [0, 0.05) is 22.6 Å². The maximum absolute atomic E-state index is 6.28. The van der Waals surface area contributed by atoms with Crippen molar-refractivity contribution in [1.82, 2.24) is 5.32 Å². The molecule has 0 bridgehead atoms. The Morgan fingerprint density at radius 1 is 1.04 bits per heavy atom. The molecule has 1 saturated carbocycles. The number of rotatable bonds is 7. The summed E-state index contributed by atoms with van der Waals surface area (Å²) in [6, 6.07) is 12.9. The van der Waals surface area contributed by atoms with Crippen molar-refractivity contribution in [3.63, 3.8) is 0 Å². The Labute approximate surface area is 171 Å². The highest BCUT2D eigenvalue weighted by molar-refractivity contribution is 9.10. The van der Waals surface area contributed by atoms with Crippen molar-refractivity contribution in [2.45, 2.75) is 64.6 Å². The largest absolute Gasteiger partial charge is 0.493 e. The van der Waals surface area contributed by atoms with Crippen molar-refractivity contribution < 1.29 is 9.47 Å². The molecule has 1 N–H and O–H groups in total. The Morgan fingerprint density at radius 3 is 2.48 bits per heavy atom. The van der Waals surface area contributed by atoms with Crippen molar-refractivity contribution in [2.75, 3.05) is 7.11 Å². The molecule has 0 radical (unpaired) electrons. The highest BCUT2D eigenvalue weighted by Crippen LogP contribution is 2.37. The van der Waals surface area contributed by atoms with Gasteiger partial charge in [0.2, 0.25) is 0 Å². The molecule has 0 unspecified atom stereocenters. The van der Waals surface area contributed by atoms with E-state index in [1.165, 1.54) is 49.7 Å². The summed E-state index contributed by atoms with van der Waals surface area (Å²) < 4.78 is 12.9. The minimum absolute atomic E-state index is 0.538. The molecule has 27 heavy (non-hydrogen) atoms. The lowest BCUT2D eigenvalue weighted by Gasteiger charge is -2.21. The van der Waals surface area contributed by atoms with Gasteiger partial charge >= 0.3 is 0 Å². The molecule has 1 fully saturated rings. The molecule has 3 rings (SSSR count). The van der Waals surface area contributed by atoms with Crippen molar-refractivity contribution in [1.29, 1.82) is 0 Å². The fraction of sp³-hybridized carbons (Fsp3) is 0.478. The fourth-order valence-electron chi connectivity index (χ4n) is 3.72. The van der Waals surface area contributed by atoms with Crippen LogP contribution in [0.15, 0.2) is 40.9 Å².